The molecule has 4 nitrogen and oxygen atoms in total. The van der Waals surface area contributed by atoms with Crippen molar-refractivity contribution in [1.82, 2.24) is 19.9 Å². The van der Waals surface area contributed by atoms with Crippen LogP contribution in [0.25, 0.3) is 77.3 Å². The van der Waals surface area contributed by atoms with Gasteiger partial charge in [0.1, 0.15) is 0 Å². The van der Waals surface area contributed by atoms with Crippen molar-refractivity contribution in [3.63, 3.8) is 0 Å². The first kappa shape index (κ1) is 38.6. The van der Waals surface area contributed by atoms with Gasteiger partial charge in [-0.2, -0.15) is 0 Å². The fourth-order valence-electron chi connectivity index (χ4n) is 6.97. The summed E-state index contributed by atoms with van der Waals surface area (Å²) in [6, 6.07) is 64.6. The van der Waals surface area contributed by atoms with Crippen molar-refractivity contribution in [2.45, 2.75) is 13.8 Å². The second-order valence-corrected chi connectivity index (χ2v) is 13.5. The number of rotatable bonds is 4. The molecule has 0 atom stereocenters. The molecule has 0 unspecified atom stereocenters. The Morgan fingerprint density at radius 2 is 1.00 bits per heavy atom. The fraction of sp³-hybridized carbons (Fsp3) is 0.0385. The monoisotopic (exact) mass is 911 g/mol. The minimum absolute atomic E-state index is 0. The Morgan fingerprint density at radius 1 is 0.404 bits per heavy atom. The van der Waals surface area contributed by atoms with E-state index in [-0.39, 0.29) is 20.1 Å². The van der Waals surface area contributed by atoms with Gasteiger partial charge in [0.2, 0.25) is 0 Å². The third kappa shape index (κ3) is 9.09. The second kappa shape index (κ2) is 18.3. The Kier molecular flexibility index (Phi) is 12.4. The van der Waals surface area contributed by atoms with Crippen molar-refractivity contribution in [2.75, 3.05) is 0 Å². The summed E-state index contributed by atoms with van der Waals surface area (Å²) in [6.07, 6.45) is 7.25. The zero-order chi connectivity index (χ0) is 38.1. The molecule has 0 bridgehead atoms. The van der Waals surface area contributed by atoms with Crippen LogP contribution in [0.4, 0.5) is 0 Å². The zero-order valence-corrected chi connectivity index (χ0v) is 34.0. The summed E-state index contributed by atoms with van der Waals surface area (Å²) in [5.41, 5.74) is 10.7. The molecule has 4 aromatic heterocycles. The van der Waals surface area contributed by atoms with Gasteiger partial charge in [0.05, 0.1) is 11.4 Å². The van der Waals surface area contributed by atoms with E-state index in [0.717, 1.165) is 39.5 Å². The van der Waals surface area contributed by atoms with E-state index >= 15 is 0 Å². The van der Waals surface area contributed by atoms with Gasteiger partial charge < -0.3 is 9.97 Å². The van der Waals surface area contributed by atoms with E-state index < -0.39 is 0 Å². The van der Waals surface area contributed by atoms with E-state index in [4.69, 9.17) is 4.98 Å². The van der Waals surface area contributed by atoms with Crippen LogP contribution in [0.5, 0.6) is 0 Å². The molecule has 5 heteroatoms. The third-order valence-electron chi connectivity index (χ3n) is 9.51. The van der Waals surface area contributed by atoms with Crippen LogP contribution < -0.4 is 0 Å². The molecule has 10 rings (SSSR count). The maximum atomic E-state index is 4.70. The minimum Gasteiger partial charge on any atom is -0.305 e. The van der Waals surface area contributed by atoms with Crippen LogP contribution in [0.2, 0.25) is 0 Å². The largest absolute Gasteiger partial charge is 0.305 e. The van der Waals surface area contributed by atoms with Crippen LogP contribution in [-0.2, 0) is 20.1 Å². The number of pyridine rings is 4. The predicted molar refractivity (Wildman–Crippen MR) is 232 cm³/mol. The molecule has 0 aliphatic carbocycles. The van der Waals surface area contributed by atoms with E-state index in [1.165, 1.54) is 49.0 Å². The first-order valence-electron chi connectivity index (χ1n) is 18.6. The molecule has 0 N–H and O–H groups in total. The van der Waals surface area contributed by atoms with Gasteiger partial charge in [-0.3, -0.25) is 9.97 Å². The summed E-state index contributed by atoms with van der Waals surface area (Å²) in [6.45, 7) is 4.21. The molecule has 57 heavy (non-hydrogen) atoms. The number of hydrogen-bond acceptors (Lipinski definition) is 4. The molecule has 0 aliphatic heterocycles. The minimum atomic E-state index is 0. The number of aryl methyl sites for hydroxylation is 2. The molecule has 0 fully saturated rings. The SMILES string of the molecule is Cc1[c-]c(-c2nccc3c2ccc2c4ccccc4ccc32)cc(C)c1.[Ir].[c-]1ccc(-c2ccccc2)cc1-c1ccccn1.c1ccc(-c2ccccn2)nc1. The van der Waals surface area contributed by atoms with Gasteiger partial charge in [-0.25, -0.2) is 0 Å². The molecule has 0 amide bonds. The average molecular weight is 911 g/mol. The third-order valence-corrected chi connectivity index (χ3v) is 9.51. The molecule has 1 radical (unpaired) electrons. The summed E-state index contributed by atoms with van der Waals surface area (Å²) in [7, 11) is 0. The van der Waals surface area contributed by atoms with Crippen LogP contribution in [0.1, 0.15) is 11.1 Å². The molecule has 0 saturated carbocycles. The van der Waals surface area contributed by atoms with Crippen LogP contribution in [-0.4, -0.2) is 19.9 Å². The smallest absolute Gasteiger partial charge is 0.0886 e. The molecule has 4 heterocycles. The van der Waals surface area contributed by atoms with Gasteiger partial charge >= 0.3 is 0 Å². The number of hydrogen-bond donors (Lipinski definition) is 0. The molecular weight excluding hydrogens is 873 g/mol. The molecule has 0 spiro atoms. The summed E-state index contributed by atoms with van der Waals surface area (Å²) in [5.74, 6) is 0. The normalized spacial score (nSPS) is 10.5. The van der Waals surface area contributed by atoms with Gasteiger partial charge in [-0.15, -0.1) is 70.3 Å². The van der Waals surface area contributed by atoms with Crippen molar-refractivity contribution in [3.05, 3.63) is 218 Å². The standard InChI is InChI=1S/C25H18N.C17H12N.C10H8N2.Ir/c1-16-13-17(2)15-19(14-16)25-24-10-9-21-20-6-4-3-5-18(20)7-8-22(21)23(24)11-12-26-25;1-2-7-14(8-3-1)15-9-6-10-16(13-15)17-11-4-5-12-18-17;1-3-7-11-9(5-1)10-6-2-4-8-12-10;/h3-14H,1-2H3;1-9,11-13H;1-8H;/q2*-1;;. The summed E-state index contributed by atoms with van der Waals surface area (Å²) in [4.78, 5) is 17.4. The van der Waals surface area contributed by atoms with Crippen molar-refractivity contribution in [3.8, 4) is 45.0 Å². The first-order valence-corrected chi connectivity index (χ1v) is 18.6. The van der Waals surface area contributed by atoms with E-state index in [2.05, 4.69) is 132 Å². The fourth-order valence-corrected chi connectivity index (χ4v) is 6.97. The summed E-state index contributed by atoms with van der Waals surface area (Å²) < 4.78 is 0. The zero-order valence-electron chi connectivity index (χ0n) is 31.6. The summed E-state index contributed by atoms with van der Waals surface area (Å²) >= 11 is 0. The Morgan fingerprint density at radius 3 is 1.68 bits per heavy atom. The molecular formula is C52H38IrN4-2. The predicted octanol–water partition coefficient (Wildman–Crippen LogP) is 13.0. The first-order chi connectivity index (χ1) is 27.6. The number of aromatic nitrogens is 4. The van der Waals surface area contributed by atoms with Crippen molar-refractivity contribution >= 4 is 32.3 Å². The second-order valence-electron chi connectivity index (χ2n) is 13.5. The van der Waals surface area contributed by atoms with Crippen molar-refractivity contribution in [2.24, 2.45) is 0 Å². The topological polar surface area (TPSA) is 51.6 Å². The Balaban J connectivity index is 0.000000139. The molecule has 277 valence electrons. The average Bonchev–Trinajstić information content (AvgIpc) is 3.27. The number of nitrogens with zero attached hydrogens (tertiary/aromatic N) is 4. The van der Waals surface area contributed by atoms with Crippen LogP contribution in [0.15, 0.2) is 195 Å². The molecule has 0 aliphatic rings. The molecule has 6 aromatic carbocycles. The van der Waals surface area contributed by atoms with E-state index in [9.17, 15) is 0 Å². The maximum Gasteiger partial charge on any atom is 0.0886 e. The van der Waals surface area contributed by atoms with Gasteiger partial charge in [0, 0.05) is 44.9 Å². The van der Waals surface area contributed by atoms with Gasteiger partial charge in [-0.05, 0) is 85.7 Å². The molecule has 10 aromatic rings. The number of benzene rings is 6. The van der Waals surface area contributed by atoms with E-state index in [0.29, 0.717) is 0 Å². The molecule has 0 saturated heterocycles. The Labute approximate surface area is 347 Å². The summed E-state index contributed by atoms with van der Waals surface area (Å²) in [5, 5.41) is 7.55. The van der Waals surface area contributed by atoms with Crippen LogP contribution in [0, 0.1) is 26.0 Å². The maximum absolute atomic E-state index is 4.70. The Hall–Kier alpha value is -6.65. The van der Waals surface area contributed by atoms with Crippen molar-refractivity contribution < 1.29 is 20.1 Å². The van der Waals surface area contributed by atoms with E-state index in [1.807, 2.05) is 85.1 Å². The van der Waals surface area contributed by atoms with Crippen LogP contribution >= 0.6 is 0 Å². The van der Waals surface area contributed by atoms with Gasteiger partial charge in [0.25, 0.3) is 0 Å². The van der Waals surface area contributed by atoms with Crippen molar-refractivity contribution in [1.29, 1.82) is 0 Å². The Bertz CT molecular complexity index is 2750. The van der Waals surface area contributed by atoms with Crippen LogP contribution in [0.3, 0.4) is 0 Å². The quantitative estimate of drug-likeness (QED) is 0.130. The number of fused-ring (bicyclic) bond motifs is 5. The van der Waals surface area contributed by atoms with Gasteiger partial charge in [-0.1, -0.05) is 117 Å². The van der Waals surface area contributed by atoms with Gasteiger partial charge in [0.15, 0.2) is 0 Å². The van der Waals surface area contributed by atoms with E-state index in [1.54, 1.807) is 18.6 Å².